The van der Waals surface area contributed by atoms with Gasteiger partial charge in [0.2, 0.25) is 5.96 Å². The second-order valence-corrected chi connectivity index (χ2v) is 6.45. The van der Waals surface area contributed by atoms with Crippen LogP contribution in [0.3, 0.4) is 0 Å². The van der Waals surface area contributed by atoms with Gasteiger partial charge in [-0.3, -0.25) is 8.92 Å². The third kappa shape index (κ3) is 28.8. The van der Waals surface area contributed by atoms with E-state index < -0.39 is 0 Å². The van der Waals surface area contributed by atoms with Gasteiger partial charge in [-0.25, -0.2) is 0 Å². The minimum absolute atomic E-state index is 0. The fourth-order valence-electron chi connectivity index (χ4n) is 1.72. The van der Waals surface area contributed by atoms with Gasteiger partial charge in [0.05, 0.1) is 32.3 Å². The Morgan fingerprint density at radius 1 is 0.769 bits per heavy atom. The maximum Gasteiger partial charge on any atom is 0.213 e. The molecular weight excluding hydrogens is 511 g/mol. The largest absolute Gasteiger partial charge is 1.00 e. The molecule has 0 rings (SSSR count). The molecular formula is C14H34Br2Cl2N8-2. The number of aliphatic imine (C=N–C) groups is 1. The molecule has 0 aromatic carbocycles. The van der Waals surface area contributed by atoms with E-state index >= 15 is 0 Å². The van der Waals surface area contributed by atoms with E-state index in [2.05, 4.69) is 41.3 Å². The van der Waals surface area contributed by atoms with Crippen LogP contribution in [0.5, 0.6) is 0 Å². The molecule has 0 bridgehead atoms. The molecule has 26 heavy (non-hydrogen) atoms. The van der Waals surface area contributed by atoms with Gasteiger partial charge in [0, 0.05) is 13.1 Å². The first-order valence-electron chi connectivity index (χ1n) is 8.32. The minimum atomic E-state index is 0. The van der Waals surface area contributed by atoms with Gasteiger partial charge in [0.15, 0.2) is 5.96 Å². The highest BCUT2D eigenvalue weighted by atomic mass is 79.9. The molecule has 0 fully saturated rings. The molecule has 0 radical (unpaired) electrons. The lowest BCUT2D eigenvalue weighted by Gasteiger charge is -2.13. The van der Waals surface area contributed by atoms with Crippen molar-refractivity contribution in [3.8, 4) is 0 Å². The normalized spacial score (nSPS) is 9.92. The Morgan fingerprint density at radius 2 is 1.23 bits per heavy atom. The quantitative estimate of drug-likeness (QED) is 0.0721. The van der Waals surface area contributed by atoms with Crippen LogP contribution in [0.2, 0.25) is 0 Å². The number of nitrogens with zero attached hydrogens (tertiary/aromatic N) is 3. The topological polar surface area (TPSA) is 158 Å². The first kappa shape index (κ1) is 33.6. The van der Waals surface area contributed by atoms with Crippen LogP contribution in [0.15, 0.2) is 9.01 Å². The van der Waals surface area contributed by atoms with Crippen LogP contribution in [0.25, 0.3) is 0 Å². The Kier molecular flexibility index (Phi) is 35.2. The van der Waals surface area contributed by atoms with Crippen molar-refractivity contribution in [3.63, 3.8) is 0 Å². The molecule has 0 aliphatic rings. The summed E-state index contributed by atoms with van der Waals surface area (Å²) in [4.78, 5) is 3.86. The van der Waals surface area contributed by atoms with Crippen molar-refractivity contribution in [3.05, 3.63) is 0 Å². The van der Waals surface area contributed by atoms with Crippen molar-refractivity contribution in [2.75, 3.05) is 26.2 Å². The summed E-state index contributed by atoms with van der Waals surface area (Å²) in [5.74, 6) is 0.627. The lowest BCUT2D eigenvalue weighted by molar-refractivity contribution is -0.001000. The van der Waals surface area contributed by atoms with E-state index in [0.29, 0.717) is 5.96 Å². The van der Waals surface area contributed by atoms with E-state index in [1.54, 1.807) is 3.93 Å². The molecule has 0 saturated carbocycles. The SMILES string of the molecule is NCCCCCCN(Br)C(N)=NBr.NCCCCCCN=C(N)N.[Cl-].[Cl-]. The summed E-state index contributed by atoms with van der Waals surface area (Å²) < 4.78 is 5.41. The van der Waals surface area contributed by atoms with E-state index in [4.69, 9.17) is 28.7 Å². The van der Waals surface area contributed by atoms with Crippen LogP contribution in [-0.4, -0.2) is 42.0 Å². The molecule has 0 unspecified atom stereocenters. The lowest BCUT2D eigenvalue weighted by Crippen LogP contribution is -3.00. The maximum atomic E-state index is 5.52. The van der Waals surface area contributed by atoms with Crippen molar-refractivity contribution in [2.24, 2.45) is 37.7 Å². The molecule has 0 amide bonds. The van der Waals surface area contributed by atoms with Crippen molar-refractivity contribution in [1.82, 2.24) is 3.93 Å². The monoisotopic (exact) mass is 542 g/mol. The number of hydrogen-bond acceptors (Lipinski definition) is 4. The smallest absolute Gasteiger partial charge is 0.213 e. The number of halogens is 4. The molecule has 0 aliphatic heterocycles. The van der Waals surface area contributed by atoms with E-state index in [9.17, 15) is 0 Å². The fraction of sp³-hybridized carbons (Fsp3) is 0.857. The van der Waals surface area contributed by atoms with E-state index in [0.717, 1.165) is 58.3 Å². The van der Waals surface area contributed by atoms with Gasteiger partial charge in [0.1, 0.15) is 0 Å². The first-order valence-corrected chi connectivity index (χ1v) is 9.74. The zero-order valence-corrected chi connectivity index (χ0v) is 19.9. The maximum absolute atomic E-state index is 5.52. The molecule has 0 atom stereocenters. The zero-order chi connectivity index (χ0) is 18.6. The van der Waals surface area contributed by atoms with Gasteiger partial charge in [-0.15, -0.1) is 0 Å². The predicted octanol–water partition coefficient (Wildman–Crippen LogP) is -4.47. The highest BCUT2D eigenvalue weighted by Gasteiger charge is 2.01. The molecule has 0 aliphatic carbocycles. The van der Waals surface area contributed by atoms with Gasteiger partial charge in [-0.05, 0) is 38.8 Å². The van der Waals surface area contributed by atoms with E-state index in [1.165, 1.54) is 19.3 Å². The summed E-state index contributed by atoms with van der Waals surface area (Å²) in [6.07, 6.45) is 9.04. The summed E-state index contributed by atoms with van der Waals surface area (Å²) in [5.41, 5.74) is 26.5. The average Bonchev–Trinajstić information content (AvgIpc) is 2.57. The van der Waals surface area contributed by atoms with Crippen molar-refractivity contribution >= 4 is 44.2 Å². The summed E-state index contributed by atoms with van der Waals surface area (Å²) in [5, 5.41) is 0. The Labute approximate surface area is 187 Å². The van der Waals surface area contributed by atoms with Crippen molar-refractivity contribution in [2.45, 2.75) is 51.4 Å². The van der Waals surface area contributed by atoms with Crippen LogP contribution in [0.1, 0.15) is 51.4 Å². The summed E-state index contributed by atoms with van der Waals surface area (Å²) in [7, 11) is 0. The predicted molar refractivity (Wildman–Crippen MR) is 112 cm³/mol. The van der Waals surface area contributed by atoms with Crippen LogP contribution in [-0.2, 0) is 0 Å². The number of guanidine groups is 2. The lowest BCUT2D eigenvalue weighted by atomic mass is 10.2. The Bertz CT molecular complexity index is 332. The molecule has 8 nitrogen and oxygen atoms in total. The zero-order valence-electron chi connectivity index (χ0n) is 15.2. The first-order chi connectivity index (χ1) is 11.5. The Balaban J connectivity index is -0.000000175. The van der Waals surface area contributed by atoms with Gasteiger partial charge in [0.25, 0.3) is 0 Å². The molecule has 12 heteroatoms. The number of unbranched alkanes of at least 4 members (excludes halogenated alkanes) is 6. The van der Waals surface area contributed by atoms with Gasteiger partial charge >= 0.3 is 0 Å². The molecule has 0 heterocycles. The van der Waals surface area contributed by atoms with Crippen LogP contribution < -0.4 is 53.5 Å². The Hall–Kier alpha value is -0.000000000000000111. The van der Waals surface area contributed by atoms with Gasteiger partial charge < -0.3 is 53.5 Å². The molecule has 0 spiro atoms. The fourth-order valence-corrected chi connectivity index (χ4v) is 2.46. The summed E-state index contributed by atoms with van der Waals surface area (Å²) in [6.45, 7) is 3.17. The van der Waals surface area contributed by atoms with Crippen LogP contribution in [0, 0.1) is 0 Å². The standard InChI is InChI=1S/C7H16Br2N4.C7H18N4.2ClH/c8-12-7(11)13(9)6-4-2-1-3-5-10;8-5-3-1-2-4-6-11-7(9)10;;/h1-6,10H2,(H2,11,12);1-6,8H2,(H4,9,10,11);2*1H/p-2. The van der Waals surface area contributed by atoms with Crippen molar-refractivity contribution in [1.29, 1.82) is 0 Å². The van der Waals surface area contributed by atoms with E-state index in [-0.39, 0.29) is 30.8 Å². The summed E-state index contributed by atoms with van der Waals surface area (Å²) in [6, 6.07) is 0. The van der Waals surface area contributed by atoms with Gasteiger partial charge in [-0.1, -0.05) is 25.7 Å². The van der Waals surface area contributed by atoms with Gasteiger partial charge in [-0.2, -0.15) is 4.02 Å². The molecule has 160 valence electrons. The third-order valence-electron chi connectivity index (χ3n) is 3.05. The average molecular weight is 545 g/mol. The minimum Gasteiger partial charge on any atom is -1.00 e. The number of rotatable bonds is 12. The Morgan fingerprint density at radius 3 is 1.65 bits per heavy atom. The van der Waals surface area contributed by atoms with Crippen molar-refractivity contribution < 1.29 is 24.8 Å². The molecule has 0 saturated heterocycles. The van der Waals surface area contributed by atoms with Crippen LogP contribution >= 0.6 is 32.3 Å². The summed E-state index contributed by atoms with van der Waals surface area (Å²) >= 11 is 6.22. The highest BCUT2D eigenvalue weighted by Crippen LogP contribution is 2.05. The molecule has 0 aromatic rings. The second-order valence-electron chi connectivity index (χ2n) is 5.24. The number of nitrogens with two attached hydrogens (primary N) is 5. The number of hydrogen-bond donors (Lipinski definition) is 5. The van der Waals surface area contributed by atoms with E-state index in [1.807, 2.05) is 0 Å². The third-order valence-corrected chi connectivity index (χ3v) is 4.13. The highest BCUT2D eigenvalue weighted by molar-refractivity contribution is 9.08. The second kappa shape index (κ2) is 27.2. The molecule has 10 N–H and O–H groups in total. The molecule has 0 aromatic heterocycles. The van der Waals surface area contributed by atoms with Crippen LogP contribution in [0.4, 0.5) is 0 Å².